The lowest BCUT2D eigenvalue weighted by molar-refractivity contribution is -0.135. The molecule has 2 aliphatic heterocycles. The van der Waals surface area contributed by atoms with E-state index in [-0.39, 0.29) is 24.1 Å². The number of ether oxygens (including phenoxy) is 1. The molecule has 2 aliphatic rings. The van der Waals surface area contributed by atoms with Gasteiger partial charge in [0.15, 0.2) is 0 Å². The van der Waals surface area contributed by atoms with Gasteiger partial charge in [-0.15, -0.1) is 0 Å². The number of hydrogen-bond acceptors (Lipinski definition) is 5. The van der Waals surface area contributed by atoms with Gasteiger partial charge in [-0.25, -0.2) is 9.59 Å². The third-order valence-corrected chi connectivity index (χ3v) is 6.81. The Balaban J connectivity index is 1.50. The molecule has 1 N–H and O–H groups in total. The molecule has 1 unspecified atom stereocenters. The van der Waals surface area contributed by atoms with Crippen LogP contribution in [-0.2, 0) is 34.3 Å². The summed E-state index contributed by atoms with van der Waals surface area (Å²) in [5.74, 6) is -0.765. The van der Waals surface area contributed by atoms with Gasteiger partial charge >= 0.3 is 11.8 Å². The summed E-state index contributed by atoms with van der Waals surface area (Å²) in [5, 5.41) is 2.35. The molecule has 9 heteroatoms. The summed E-state index contributed by atoms with van der Waals surface area (Å²) in [6, 6.07) is 11.1. The normalized spacial score (nSPS) is 18.2. The molecule has 3 amide bonds. The zero-order chi connectivity index (χ0) is 25.8. The number of amides is 3. The quantitative estimate of drug-likeness (QED) is 0.556. The Labute approximate surface area is 208 Å². The van der Waals surface area contributed by atoms with Crippen LogP contribution in [0.1, 0.15) is 50.8 Å². The van der Waals surface area contributed by atoms with E-state index in [1.165, 1.54) is 4.57 Å². The van der Waals surface area contributed by atoms with E-state index in [1.54, 1.807) is 16.5 Å². The number of fused-ring (bicyclic) bond motifs is 2. The van der Waals surface area contributed by atoms with Crippen molar-refractivity contribution in [2.45, 2.75) is 58.2 Å². The fourth-order valence-corrected chi connectivity index (χ4v) is 5.10. The summed E-state index contributed by atoms with van der Waals surface area (Å²) >= 11 is 0. The van der Waals surface area contributed by atoms with E-state index in [4.69, 9.17) is 4.74 Å². The van der Waals surface area contributed by atoms with Crippen LogP contribution in [0, 0.1) is 0 Å². The van der Waals surface area contributed by atoms with Gasteiger partial charge in [-0.3, -0.25) is 24.0 Å². The molecule has 1 saturated heterocycles. The molecule has 188 valence electrons. The van der Waals surface area contributed by atoms with E-state index in [0.29, 0.717) is 31.4 Å². The maximum absolute atomic E-state index is 13.2. The smallest absolute Gasteiger partial charge is 0.410 e. The van der Waals surface area contributed by atoms with Crippen LogP contribution in [0.3, 0.4) is 0 Å². The Morgan fingerprint density at radius 1 is 1.06 bits per heavy atom. The highest BCUT2D eigenvalue weighted by Gasteiger charge is 2.32. The molecule has 1 fully saturated rings. The van der Waals surface area contributed by atoms with Crippen LogP contribution in [0.2, 0.25) is 0 Å². The second-order valence-electron chi connectivity index (χ2n) is 10.5. The maximum atomic E-state index is 13.2. The number of imide groups is 1. The van der Waals surface area contributed by atoms with Crippen LogP contribution in [0.4, 0.5) is 4.79 Å². The Hall–Kier alpha value is -3.88. The van der Waals surface area contributed by atoms with Crippen molar-refractivity contribution < 1.29 is 19.1 Å². The summed E-state index contributed by atoms with van der Waals surface area (Å²) in [7, 11) is 1.70. The lowest BCUT2D eigenvalue weighted by atomic mass is 9.94. The van der Waals surface area contributed by atoms with Crippen molar-refractivity contribution in [2.24, 2.45) is 7.05 Å². The first-order valence-electron chi connectivity index (χ1n) is 12.2. The second-order valence-corrected chi connectivity index (χ2v) is 10.5. The number of nitrogens with zero attached hydrogens (tertiary/aromatic N) is 3. The summed E-state index contributed by atoms with van der Waals surface area (Å²) in [4.78, 5) is 51.6. The number of rotatable bonds is 2. The fourth-order valence-electron chi connectivity index (χ4n) is 5.10. The minimum atomic E-state index is -0.725. The van der Waals surface area contributed by atoms with Gasteiger partial charge in [0.25, 0.3) is 0 Å². The molecular weight excluding hydrogens is 460 g/mol. The number of piperidine rings is 1. The average Bonchev–Trinajstić information content (AvgIpc) is 3.07. The van der Waals surface area contributed by atoms with Crippen LogP contribution in [0.15, 0.2) is 41.2 Å². The monoisotopic (exact) mass is 490 g/mol. The van der Waals surface area contributed by atoms with Gasteiger partial charge in [-0.2, -0.15) is 0 Å². The number of imidazole rings is 1. The fraction of sp³-hybridized carbons (Fsp3) is 0.407. The van der Waals surface area contributed by atoms with Crippen LogP contribution >= 0.6 is 0 Å². The third-order valence-electron chi connectivity index (χ3n) is 6.81. The van der Waals surface area contributed by atoms with Crippen LogP contribution in [-0.4, -0.2) is 44.1 Å². The summed E-state index contributed by atoms with van der Waals surface area (Å²) in [6.45, 7) is 6.63. The zero-order valence-corrected chi connectivity index (χ0v) is 21.0. The molecule has 1 atom stereocenters. The van der Waals surface area contributed by atoms with Crippen molar-refractivity contribution in [1.82, 2.24) is 19.4 Å². The number of para-hydroxylation sites is 1. The molecule has 0 radical (unpaired) electrons. The molecule has 9 nitrogen and oxygen atoms in total. The predicted octanol–water partition coefficient (Wildman–Crippen LogP) is 3.28. The molecule has 0 spiro atoms. The Kier molecular flexibility index (Phi) is 5.73. The second kappa shape index (κ2) is 8.65. The predicted molar refractivity (Wildman–Crippen MR) is 134 cm³/mol. The number of aromatic nitrogens is 2. The van der Waals surface area contributed by atoms with Crippen LogP contribution in [0.5, 0.6) is 0 Å². The SMILES string of the molecule is Cn1c(=O)n(C2CCC(=O)NC2=O)c2cccc(-c3ccc4c(c3)CCN(C(=O)OC(C)(C)C)C4)c21. The minimum Gasteiger partial charge on any atom is -0.444 e. The van der Waals surface area contributed by atoms with Crippen molar-refractivity contribution in [3.63, 3.8) is 0 Å². The molecule has 3 heterocycles. The zero-order valence-electron chi connectivity index (χ0n) is 21.0. The average molecular weight is 491 g/mol. The molecule has 0 saturated carbocycles. The lowest BCUT2D eigenvalue weighted by Crippen LogP contribution is -2.44. The lowest BCUT2D eigenvalue weighted by Gasteiger charge is -2.31. The van der Waals surface area contributed by atoms with Gasteiger partial charge in [0.2, 0.25) is 11.8 Å². The van der Waals surface area contributed by atoms with E-state index in [1.807, 2.05) is 51.1 Å². The van der Waals surface area contributed by atoms with E-state index in [9.17, 15) is 19.2 Å². The van der Waals surface area contributed by atoms with Gasteiger partial charge in [0.05, 0.1) is 11.0 Å². The van der Waals surface area contributed by atoms with Gasteiger partial charge in [-0.05, 0) is 56.4 Å². The van der Waals surface area contributed by atoms with E-state index in [2.05, 4.69) is 11.4 Å². The molecule has 5 rings (SSSR count). The molecule has 1 aromatic heterocycles. The molecule has 2 aromatic carbocycles. The summed E-state index contributed by atoms with van der Waals surface area (Å²) in [5.41, 5.74) is 4.62. The van der Waals surface area contributed by atoms with E-state index < -0.39 is 17.6 Å². The largest absolute Gasteiger partial charge is 0.444 e. The number of carbonyl (C=O) groups excluding carboxylic acids is 3. The number of hydrogen-bond donors (Lipinski definition) is 1. The molecular formula is C27H30N4O5. The standard InChI is InChI=1S/C27H30N4O5/c1-27(2,3)36-26(35)30-13-12-16-14-17(8-9-18(16)15-30)19-6-5-7-20-23(19)29(4)25(34)31(20)21-10-11-22(32)28-24(21)33/h5-9,14,21H,10-13,15H2,1-4H3,(H,28,32,33). The molecule has 36 heavy (non-hydrogen) atoms. The first-order valence-corrected chi connectivity index (χ1v) is 12.2. The number of nitrogens with one attached hydrogen (secondary N) is 1. The van der Waals surface area contributed by atoms with Gasteiger partial charge in [0, 0.05) is 32.1 Å². The maximum Gasteiger partial charge on any atom is 0.410 e. The highest BCUT2D eigenvalue weighted by Crippen LogP contribution is 2.33. The van der Waals surface area contributed by atoms with Crippen LogP contribution in [0.25, 0.3) is 22.2 Å². The Morgan fingerprint density at radius 3 is 2.56 bits per heavy atom. The molecule has 0 bridgehead atoms. The Bertz CT molecular complexity index is 1460. The molecule has 0 aliphatic carbocycles. The summed E-state index contributed by atoms with van der Waals surface area (Å²) in [6.07, 6.45) is 0.881. The van der Waals surface area contributed by atoms with Crippen LogP contribution < -0.4 is 11.0 Å². The first kappa shape index (κ1) is 23.8. The van der Waals surface area contributed by atoms with Crippen molar-refractivity contribution in [3.8, 4) is 11.1 Å². The summed E-state index contributed by atoms with van der Waals surface area (Å²) < 4.78 is 8.59. The van der Waals surface area contributed by atoms with Gasteiger partial charge in [-0.1, -0.05) is 30.3 Å². The van der Waals surface area contributed by atoms with Crippen molar-refractivity contribution in [3.05, 3.63) is 58.0 Å². The van der Waals surface area contributed by atoms with E-state index in [0.717, 1.165) is 27.8 Å². The first-order chi connectivity index (χ1) is 17.0. The highest BCUT2D eigenvalue weighted by molar-refractivity contribution is 6.01. The highest BCUT2D eigenvalue weighted by atomic mass is 16.6. The van der Waals surface area contributed by atoms with Gasteiger partial charge < -0.3 is 9.64 Å². The van der Waals surface area contributed by atoms with Crippen molar-refractivity contribution >= 4 is 28.9 Å². The minimum absolute atomic E-state index is 0.198. The Morgan fingerprint density at radius 2 is 1.83 bits per heavy atom. The van der Waals surface area contributed by atoms with E-state index >= 15 is 0 Å². The number of benzene rings is 2. The molecule has 3 aromatic rings. The van der Waals surface area contributed by atoms with Gasteiger partial charge in [0.1, 0.15) is 11.6 Å². The van der Waals surface area contributed by atoms with Crippen molar-refractivity contribution in [2.75, 3.05) is 6.54 Å². The number of carbonyl (C=O) groups is 3. The topological polar surface area (TPSA) is 103 Å². The van der Waals surface area contributed by atoms with Crippen molar-refractivity contribution in [1.29, 1.82) is 0 Å². The third kappa shape index (κ3) is 4.19. The number of aryl methyl sites for hydroxylation is 1.